The molecule has 21 heavy (non-hydrogen) atoms. The fourth-order valence-electron chi connectivity index (χ4n) is 2.30. The highest BCUT2D eigenvalue weighted by Gasteiger charge is 2.23. The Morgan fingerprint density at radius 2 is 1.95 bits per heavy atom. The molecule has 4 nitrogen and oxygen atoms in total. The Bertz CT molecular complexity index is 823. The van der Waals surface area contributed by atoms with Gasteiger partial charge in [-0.3, -0.25) is 0 Å². The number of anilines is 1. The lowest BCUT2D eigenvalue weighted by Gasteiger charge is -2.04. The average Bonchev–Trinajstić information content (AvgIpc) is 2.93. The van der Waals surface area contributed by atoms with Gasteiger partial charge in [0.05, 0.1) is 16.1 Å². The van der Waals surface area contributed by atoms with Gasteiger partial charge in [-0.1, -0.05) is 16.8 Å². The van der Waals surface area contributed by atoms with E-state index in [2.05, 4.69) is 5.16 Å². The maximum Gasteiger partial charge on any atom is 0.180 e. The Morgan fingerprint density at radius 1 is 1.19 bits per heavy atom. The molecule has 0 saturated carbocycles. The van der Waals surface area contributed by atoms with E-state index >= 15 is 0 Å². The second-order valence-electron chi connectivity index (χ2n) is 4.72. The number of rotatable bonds is 2. The number of hydrogen-bond donors (Lipinski definition) is 1. The Kier molecular flexibility index (Phi) is 3.22. The number of nitrogen functional groups attached to an aromatic ring is 1. The standard InChI is InChI=1S/C15H12ClFN2O2/c1-7-5-11(8(2)20-7)14-13(15(18)19-21-14)10-4-3-9(17)6-12(10)16/h3-6H,1-2H3,(H2,18,19). The molecule has 2 aromatic heterocycles. The van der Waals surface area contributed by atoms with Gasteiger partial charge in [-0.15, -0.1) is 0 Å². The summed E-state index contributed by atoms with van der Waals surface area (Å²) in [5.41, 5.74) is 7.72. The van der Waals surface area contributed by atoms with Crippen molar-refractivity contribution in [2.45, 2.75) is 13.8 Å². The molecule has 0 fully saturated rings. The molecule has 0 aliphatic rings. The van der Waals surface area contributed by atoms with Crippen molar-refractivity contribution in [1.82, 2.24) is 5.16 Å². The number of hydrogen-bond acceptors (Lipinski definition) is 4. The summed E-state index contributed by atoms with van der Waals surface area (Å²) >= 11 is 6.11. The van der Waals surface area contributed by atoms with Gasteiger partial charge in [0, 0.05) is 5.56 Å². The van der Waals surface area contributed by atoms with Crippen LogP contribution in [0.5, 0.6) is 0 Å². The molecule has 1 aromatic carbocycles. The fourth-order valence-corrected chi connectivity index (χ4v) is 2.56. The number of aromatic nitrogens is 1. The van der Waals surface area contributed by atoms with Gasteiger partial charge in [-0.25, -0.2) is 4.39 Å². The maximum absolute atomic E-state index is 13.2. The Morgan fingerprint density at radius 3 is 2.57 bits per heavy atom. The SMILES string of the molecule is Cc1cc(-c2onc(N)c2-c2ccc(F)cc2Cl)c(C)o1. The zero-order valence-corrected chi connectivity index (χ0v) is 12.2. The van der Waals surface area contributed by atoms with Crippen LogP contribution in [0.1, 0.15) is 11.5 Å². The van der Waals surface area contributed by atoms with Gasteiger partial charge >= 0.3 is 0 Å². The summed E-state index contributed by atoms with van der Waals surface area (Å²) in [7, 11) is 0. The molecule has 0 unspecified atom stereocenters. The van der Waals surface area contributed by atoms with E-state index in [4.69, 9.17) is 26.3 Å². The Hall–Kier alpha value is -2.27. The fraction of sp³-hybridized carbons (Fsp3) is 0.133. The average molecular weight is 307 g/mol. The minimum absolute atomic E-state index is 0.191. The van der Waals surface area contributed by atoms with Gasteiger partial charge in [0.2, 0.25) is 0 Å². The summed E-state index contributed by atoms with van der Waals surface area (Å²) < 4.78 is 24.0. The Balaban J connectivity index is 2.24. The summed E-state index contributed by atoms with van der Waals surface area (Å²) in [6.07, 6.45) is 0. The third kappa shape index (κ3) is 2.29. The van der Waals surface area contributed by atoms with E-state index in [-0.39, 0.29) is 10.8 Å². The molecular formula is C15H12ClFN2O2. The van der Waals surface area contributed by atoms with E-state index < -0.39 is 5.82 Å². The molecule has 3 aromatic rings. The number of benzene rings is 1. The maximum atomic E-state index is 13.2. The number of furan rings is 1. The van der Waals surface area contributed by atoms with Crippen molar-refractivity contribution in [2.24, 2.45) is 0 Å². The van der Waals surface area contributed by atoms with Crippen LogP contribution in [-0.4, -0.2) is 5.16 Å². The van der Waals surface area contributed by atoms with Crippen LogP contribution in [-0.2, 0) is 0 Å². The zero-order chi connectivity index (χ0) is 15.1. The number of halogens is 2. The topological polar surface area (TPSA) is 65.2 Å². The molecule has 0 spiro atoms. The van der Waals surface area contributed by atoms with Gasteiger partial charge in [0.25, 0.3) is 0 Å². The summed E-state index contributed by atoms with van der Waals surface area (Å²) in [5, 5.41) is 4.03. The molecule has 0 aliphatic heterocycles. The summed E-state index contributed by atoms with van der Waals surface area (Å²) in [4.78, 5) is 0. The lowest BCUT2D eigenvalue weighted by atomic mass is 10.0. The van der Waals surface area contributed by atoms with Crippen LogP contribution in [0.15, 0.2) is 33.2 Å². The van der Waals surface area contributed by atoms with Crippen LogP contribution in [0.3, 0.4) is 0 Å². The lowest BCUT2D eigenvalue weighted by Crippen LogP contribution is -1.90. The first-order valence-corrected chi connectivity index (χ1v) is 6.63. The van der Waals surface area contributed by atoms with Crippen LogP contribution in [0.4, 0.5) is 10.2 Å². The molecule has 0 amide bonds. The molecule has 0 saturated heterocycles. The molecule has 0 aliphatic carbocycles. The largest absolute Gasteiger partial charge is 0.466 e. The number of aryl methyl sites for hydroxylation is 2. The minimum atomic E-state index is -0.421. The molecule has 3 rings (SSSR count). The highest BCUT2D eigenvalue weighted by molar-refractivity contribution is 6.33. The molecule has 0 radical (unpaired) electrons. The van der Waals surface area contributed by atoms with E-state index in [0.29, 0.717) is 22.6 Å². The van der Waals surface area contributed by atoms with E-state index in [1.165, 1.54) is 12.1 Å². The zero-order valence-electron chi connectivity index (χ0n) is 11.4. The molecule has 0 bridgehead atoms. The van der Waals surface area contributed by atoms with Gasteiger partial charge < -0.3 is 14.7 Å². The normalized spacial score (nSPS) is 11.0. The van der Waals surface area contributed by atoms with Gasteiger partial charge in [0.1, 0.15) is 17.3 Å². The molecule has 2 heterocycles. The van der Waals surface area contributed by atoms with Crippen LogP contribution >= 0.6 is 11.6 Å². The first kappa shape index (κ1) is 13.7. The molecular weight excluding hydrogens is 295 g/mol. The van der Waals surface area contributed by atoms with Crippen molar-refractivity contribution in [3.05, 3.63) is 46.6 Å². The van der Waals surface area contributed by atoms with Crippen LogP contribution in [0.25, 0.3) is 22.5 Å². The van der Waals surface area contributed by atoms with Gasteiger partial charge in [-0.05, 0) is 38.1 Å². The smallest absolute Gasteiger partial charge is 0.180 e. The van der Waals surface area contributed by atoms with Crippen molar-refractivity contribution >= 4 is 17.4 Å². The summed E-state index contributed by atoms with van der Waals surface area (Å²) in [6, 6.07) is 5.91. The first-order valence-electron chi connectivity index (χ1n) is 6.25. The molecule has 0 atom stereocenters. The Labute approximate surface area is 125 Å². The van der Waals surface area contributed by atoms with E-state index in [9.17, 15) is 4.39 Å². The second-order valence-corrected chi connectivity index (χ2v) is 5.13. The molecule has 108 valence electrons. The van der Waals surface area contributed by atoms with Crippen LogP contribution < -0.4 is 5.73 Å². The highest BCUT2D eigenvalue weighted by atomic mass is 35.5. The second kappa shape index (κ2) is 4.93. The van der Waals surface area contributed by atoms with Crippen molar-refractivity contribution in [3.8, 4) is 22.5 Å². The predicted octanol–water partition coefficient (Wildman–Crippen LogP) is 4.59. The third-order valence-electron chi connectivity index (χ3n) is 3.20. The van der Waals surface area contributed by atoms with Crippen molar-refractivity contribution in [3.63, 3.8) is 0 Å². The quantitative estimate of drug-likeness (QED) is 0.752. The van der Waals surface area contributed by atoms with Crippen molar-refractivity contribution in [1.29, 1.82) is 0 Å². The van der Waals surface area contributed by atoms with Crippen molar-refractivity contribution in [2.75, 3.05) is 5.73 Å². The van der Waals surface area contributed by atoms with Crippen molar-refractivity contribution < 1.29 is 13.3 Å². The van der Waals surface area contributed by atoms with E-state index in [0.717, 1.165) is 11.3 Å². The minimum Gasteiger partial charge on any atom is -0.466 e. The first-order chi connectivity index (χ1) is 9.97. The van der Waals surface area contributed by atoms with Crippen LogP contribution in [0, 0.1) is 19.7 Å². The summed E-state index contributed by atoms with van der Waals surface area (Å²) in [6.45, 7) is 3.65. The lowest BCUT2D eigenvalue weighted by molar-refractivity contribution is 0.434. The van der Waals surface area contributed by atoms with Gasteiger partial charge in [0.15, 0.2) is 11.6 Å². The molecule has 2 N–H and O–H groups in total. The molecule has 6 heteroatoms. The predicted molar refractivity (Wildman–Crippen MR) is 78.5 cm³/mol. The highest BCUT2D eigenvalue weighted by Crippen LogP contribution is 2.41. The monoisotopic (exact) mass is 306 g/mol. The van der Waals surface area contributed by atoms with Crippen LogP contribution in [0.2, 0.25) is 5.02 Å². The third-order valence-corrected chi connectivity index (χ3v) is 3.52. The number of nitrogens with zero attached hydrogens (tertiary/aromatic N) is 1. The summed E-state index contributed by atoms with van der Waals surface area (Å²) in [5.74, 6) is 1.65. The number of nitrogens with two attached hydrogens (primary N) is 1. The van der Waals surface area contributed by atoms with E-state index in [1.54, 1.807) is 6.07 Å². The van der Waals surface area contributed by atoms with Gasteiger partial charge in [-0.2, -0.15) is 0 Å². The van der Waals surface area contributed by atoms with E-state index in [1.807, 2.05) is 19.9 Å².